The van der Waals surface area contributed by atoms with Crippen molar-refractivity contribution in [3.8, 4) is 11.1 Å². The Hall–Kier alpha value is -3.08. The molecule has 0 unspecified atom stereocenters. The Morgan fingerprint density at radius 1 is 1.04 bits per heavy atom. The summed E-state index contributed by atoms with van der Waals surface area (Å²) in [5.74, 6) is 0. The molecule has 5 heteroatoms. The number of hydrogen-bond donors (Lipinski definition) is 0. The van der Waals surface area contributed by atoms with Gasteiger partial charge in [0, 0.05) is 18.0 Å². The van der Waals surface area contributed by atoms with Gasteiger partial charge < -0.3 is 4.74 Å². The van der Waals surface area contributed by atoms with E-state index in [4.69, 9.17) is 9.72 Å². The van der Waals surface area contributed by atoms with Gasteiger partial charge in [0.1, 0.15) is 16.8 Å². The minimum Gasteiger partial charge on any atom is -0.443 e. The van der Waals surface area contributed by atoms with Gasteiger partial charge in [0.25, 0.3) is 0 Å². The monoisotopic (exact) mass is 333 g/mol. The molecule has 0 saturated carbocycles. The molecule has 0 atom stereocenters. The zero-order valence-corrected chi connectivity index (χ0v) is 14.4. The van der Waals surface area contributed by atoms with Gasteiger partial charge in [-0.3, -0.25) is 4.40 Å². The Labute approximate surface area is 145 Å². The first kappa shape index (κ1) is 15.4. The van der Waals surface area contributed by atoms with Crippen molar-refractivity contribution in [3.63, 3.8) is 0 Å². The van der Waals surface area contributed by atoms with Crippen LogP contribution in [0.1, 0.15) is 20.8 Å². The number of ether oxygens (including phenoxy) is 1. The summed E-state index contributed by atoms with van der Waals surface area (Å²) in [7, 11) is 0. The standard InChI is InChI=1S/C20H19N3O2/c1-20(2,3)25-19(24)23-13-15(14-9-5-4-6-10-14)17-18(23)22-12-8-7-11-16(22)21-17/h4-13H,1-3H3. The first-order valence-corrected chi connectivity index (χ1v) is 8.21. The van der Waals surface area contributed by atoms with Crippen LogP contribution in [0.5, 0.6) is 0 Å². The SMILES string of the molecule is CC(C)(C)OC(=O)n1cc(-c2ccccc2)c2nc3ccccn3c21. The maximum Gasteiger partial charge on any atom is 0.420 e. The summed E-state index contributed by atoms with van der Waals surface area (Å²) in [6, 6.07) is 15.7. The molecule has 0 aliphatic carbocycles. The van der Waals surface area contributed by atoms with Crippen LogP contribution in [0.4, 0.5) is 4.79 Å². The van der Waals surface area contributed by atoms with Gasteiger partial charge in [-0.15, -0.1) is 0 Å². The maximum atomic E-state index is 12.8. The Balaban J connectivity index is 2.00. The van der Waals surface area contributed by atoms with Crippen molar-refractivity contribution in [2.75, 3.05) is 0 Å². The highest BCUT2D eigenvalue weighted by Gasteiger charge is 2.24. The summed E-state index contributed by atoms with van der Waals surface area (Å²) in [6.45, 7) is 5.58. The van der Waals surface area contributed by atoms with Gasteiger partial charge in [-0.1, -0.05) is 36.4 Å². The molecule has 3 heterocycles. The second kappa shape index (κ2) is 5.48. The molecule has 3 aromatic heterocycles. The van der Waals surface area contributed by atoms with E-state index in [9.17, 15) is 4.79 Å². The molecule has 0 saturated heterocycles. The number of imidazole rings is 1. The molecule has 0 bridgehead atoms. The van der Waals surface area contributed by atoms with Crippen molar-refractivity contribution in [3.05, 3.63) is 60.9 Å². The molecule has 0 radical (unpaired) electrons. The molecule has 0 fully saturated rings. The lowest BCUT2D eigenvalue weighted by molar-refractivity contribution is 0.0543. The number of pyridine rings is 1. The van der Waals surface area contributed by atoms with Crippen LogP contribution in [-0.4, -0.2) is 25.6 Å². The van der Waals surface area contributed by atoms with Crippen molar-refractivity contribution in [2.45, 2.75) is 26.4 Å². The summed E-state index contributed by atoms with van der Waals surface area (Å²) in [4.78, 5) is 17.5. The molecule has 5 nitrogen and oxygen atoms in total. The molecule has 0 aliphatic heterocycles. The summed E-state index contributed by atoms with van der Waals surface area (Å²) in [5.41, 5.74) is 3.64. The molecule has 4 aromatic rings. The lowest BCUT2D eigenvalue weighted by atomic mass is 10.1. The molecular weight excluding hydrogens is 314 g/mol. The molecule has 0 N–H and O–H groups in total. The van der Waals surface area contributed by atoms with Gasteiger partial charge >= 0.3 is 6.09 Å². The summed E-state index contributed by atoms with van der Waals surface area (Å²) < 4.78 is 9.04. The molecule has 0 aliphatic rings. The van der Waals surface area contributed by atoms with Crippen LogP contribution in [0, 0.1) is 0 Å². The second-order valence-corrected chi connectivity index (χ2v) is 6.97. The molecule has 126 valence electrons. The molecular formula is C20H19N3O2. The third-order valence-corrected chi connectivity index (χ3v) is 3.92. The zero-order valence-electron chi connectivity index (χ0n) is 14.4. The second-order valence-electron chi connectivity index (χ2n) is 6.97. The Kier molecular flexibility index (Phi) is 3.39. The average Bonchev–Trinajstić information content (AvgIpc) is 3.11. The molecule has 1 aromatic carbocycles. The number of benzene rings is 1. The fraction of sp³-hybridized carbons (Fsp3) is 0.200. The van der Waals surface area contributed by atoms with Crippen LogP contribution in [-0.2, 0) is 4.74 Å². The molecule has 0 amide bonds. The minimum atomic E-state index is -0.568. The van der Waals surface area contributed by atoms with Gasteiger partial charge in [0.05, 0.1) is 0 Å². The third-order valence-electron chi connectivity index (χ3n) is 3.92. The van der Waals surface area contributed by atoms with Crippen LogP contribution in [0.3, 0.4) is 0 Å². The van der Waals surface area contributed by atoms with E-state index in [0.717, 1.165) is 22.3 Å². The fourth-order valence-corrected chi connectivity index (χ4v) is 2.92. The summed E-state index contributed by atoms with van der Waals surface area (Å²) >= 11 is 0. The van der Waals surface area contributed by atoms with Gasteiger partial charge in [0.15, 0.2) is 5.65 Å². The number of aromatic nitrogens is 3. The first-order chi connectivity index (χ1) is 11.9. The highest BCUT2D eigenvalue weighted by atomic mass is 16.6. The Morgan fingerprint density at radius 3 is 2.48 bits per heavy atom. The van der Waals surface area contributed by atoms with Crippen LogP contribution >= 0.6 is 0 Å². The van der Waals surface area contributed by atoms with E-state index in [-0.39, 0.29) is 0 Å². The number of hydrogen-bond acceptors (Lipinski definition) is 3. The molecule has 0 spiro atoms. The smallest absolute Gasteiger partial charge is 0.420 e. The highest BCUT2D eigenvalue weighted by molar-refractivity contribution is 5.98. The van der Waals surface area contributed by atoms with Crippen LogP contribution in [0.25, 0.3) is 27.9 Å². The third kappa shape index (κ3) is 2.67. The topological polar surface area (TPSA) is 48.5 Å². The zero-order chi connectivity index (χ0) is 17.6. The van der Waals surface area contributed by atoms with E-state index in [2.05, 4.69) is 0 Å². The summed E-state index contributed by atoms with van der Waals surface area (Å²) in [5, 5.41) is 0. The lowest BCUT2D eigenvalue weighted by Gasteiger charge is -2.19. The molecule has 4 rings (SSSR count). The number of rotatable bonds is 1. The van der Waals surface area contributed by atoms with E-state index in [1.807, 2.05) is 79.9 Å². The Morgan fingerprint density at radius 2 is 1.76 bits per heavy atom. The van der Waals surface area contributed by atoms with E-state index >= 15 is 0 Å². The van der Waals surface area contributed by atoms with Crippen molar-refractivity contribution in [1.29, 1.82) is 0 Å². The minimum absolute atomic E-state index is 0.412. The van der Waals surface area contributed by atoms with Crippen molar-refractivity contribution in [1.82, 2.24) is 14.0 Å². The van der Waals surface area contributed by atoms with E-state index in [1.165, 1.54) is 0 Å². The quantitative estimate of drug-likeness (QED) is 0.505. The van der Waals surface area contributed by atoms with Gasteiger partial charge in [0.2, 0.25) is 0 Å². The van der Waals surface area contributed by atoms with Gasteiger partial charge in [-0.2, -0.15) is 0 Å². The van der Waals surface area contributed by atoms with Gasteiger partial charge in [-0.05, 0) is 38.5 Å². The van der Waals surface area contributed by atoms with Gasteiger partial charge in [-0.25, -0.2) is 14.3 Å². The average molecular weight is 333 g/mol. The normalized spacial score (nSPS) is 12.0. The highest BCUT2D eigenvalue weighted by Crippen LogP contribution is 2.31. The van der Waals surface area contributed by atoms with Crippen molar-refractivity contribution in [2.24, 2.45) is 0 Å². The van der Waals surface area contributed by atoms with Crippen molar-refractivity contribution < 1.29 is 9.53 Å². The lowest BCUT2D eigenvalue weighted by Crippen LogP contribution is -2.27. The number of fused-ring (bicyclic) bond motifs is 3. The number of nitrogens with zero attached hydrogens (tertiary/aromatic N) is 3. The van der Waals surface area contributed by atoms with Crippen LogP contribution in [0.2, 0.25) is 0 Å². The maximum absolute atomic E-state index is 12.8. The fourth-order valence-electron chi connectivity index (χ4n) is 2.92. The predicted molar refractivity (Wildman–Crippen MR) is 97.8 cm³/mol. The van der Waals surface area contributed by atoms with E-state index in [1.54, 1.807) is 10.8 Å². The van der Waals surface area contributed by atoms with Crippen LogP contribution < -0.4 is 0 Å². The number of carbonyl (C=O) groups excluding carboxylic acids is 1. The van der Waals surface area contributed by atoms with Crippen LogP contribution in [0.15, 0.2) is 60.9 Å². The van der Waals surface area contributed by atoms with Crippen molar-refractivity contribution >= 4 is 22.9 Å². The van der Waals surface area contributed by atoms with E-state index < -0.39 is 11.7 Å². The Bertz CT molecular complexity index is 1070. The first-order valence-electron chi connectivity index (χ1n) is 8.21. The predicted octanol–water partition coefficient (Wildman–Crippen LogP) is 4.74. The largest absolute Gasteiger partial charge is 0.443 e. The van der Waals surface area contributed by atoms with E-state index in [0.29, 0.717) is 5.65 Å². The summed E-state index contributed by atoms with van der Waals surface area (Å²) in [6.07, 6.45) is 3.30. The molecule has 25 heavy (non-hydrogen) atoms. The number of carbonyl (C=O) groups is 1.